The van der Waals surface area contributed by atoms with Gasteiger partial charge in [0.25, 0.3) is 5.69 Å². The summed E-state index contributed by atoms with van der Waals surface area (Å²) in [5.41, 5.74) is 0.0847. The van der Waals surface area contributed by atoms with Crippen molar-refractivity contribution in [3.8, 4) is 5.75 Å². The summed E-state index contributed by atoms with van der Waals surface area (Å²) in [7, 11) is -6.70. The van der Waals surface area contributed by atoms with Crippen LogP contribution >= 0.6 is 7.60 Å². The summed E-state index contributed by atoms with van der Waals surface area (Å²) in [6.07, 6.45) is 0. The number of nitrogens with zero attached hydrogens (tertiary/aromatic N) is 1. The minimum absolute atomic E-state index is 0.0309. The van der Waals surface area contributed by atoms with Crippen molar-refractivity contribution in [1.29, 1.82) is 0 Å². The maximum absolute atomic E-state index is 13.4. The van der Waals surface area contributed by atoms with E-state index in [0.717, 1.165) is 24.3 Å². The third-order valence-corrected chi connectivity index (χ3v) is 7.90. The molecule has 10 nitrogen and oxygen atoms in total. The highest BCUT2D eigenvalue weighted by Gasteiger charge is 2.40. The predicted molar refractivity (Wildman–Crippen MR) is 110 cm³/mol. The van der Waals surface area contributed by atoms with E-state index in [4.69, 9.17) is 13.8 Å². The maximum atomic E-state index is 13.4. The summed E-state index contributed by atoms with van der Waals surface area (Å²) in [6.45, 7) is 3.29. The van der Waals surface area contributed by atoms with E-state index in [9.17, 15) is 23.1 Å². The molecule has 0 saturated heterocycles. The van der Waals surface area contributed by atoms with Crippen molar-refractivity contribution in [2.45, 2.75) is 24.5 Å². The predicted octanol–water partition coefficient (Wildman–Crippen LogP) is 3.85. The average Bonchev–Trinajstić information content (AvgIpc) is 2.72. The van der Waals surface area contributed by atoms with E-state index < -0.39 is 28.3 Å². The molecule has 0 fully saturated rings. The quantitative estimate of drug-likeness (QED) is 0.305. The molecular formula is C18H23N2O8PS. The van der Waals surface area contributed by atoms with Crippen molar-refractivity contribution < 1.29 is 31.7 Å². The number of nitro benzene ring substituents is 1. The van der Waals surface area contributed by atoms with E-state index in [1.807, 2.05) is 0 Å². The van der Waals surface area contributed by atoms with Crippen LogP contribution in [0.5, 0.6) is 5.75 Å². The molecule has 0 aromatic heterocycles. The lowest BCUT2D eigenvalue weighted by Gasteiger charge is -2.27. The first-order chi connectivity index (χ1) is 14.2. The summed E-state index contributed by atoms with van der Waals surface area (Å²) in [5.74, 6) is -0.818. The van der Waals surface area contributed by atoms with Crippen LogP contribution in [0.15, 0.2) is 53.4 Å². The van der Waals surface area contributed by atoms with Crippen LogP contribution in [0.25, 0.3) is 0 Å². The van der Waals surface area contributed by atoms with Gasteiger partial charge in [-0.05, 0) is 43.7 Å². The van der Waals surface area contributed by atoms with Crippen LogP contribution in [-0.4, -0.2) is 33.7 Å². The topological polar surface area (TPSA) is 134 Å². The van der Waals surface area contributed by atoms with Crippen LogP contribution in [0.3, 0.4) is 0 Å². The van der Waals surface area contributed by atoms with Gasteiger partial charge in [0.1, 0.15) is 11.5 Å². The van der Waals surface area contributed by atoms with Gasteiger partial charge in [0.05, 0.1) is 30.1 Å². The minimum Gasteiger partial charge on any atom is -0.497 e. The molecule has 2 rings (SSSR count). The van der Waals surface area contributed by atoms with E-state index in [-0.39, 0.29) is 23.8 Å². The summed E-state index contributed by atoms with van der Waals surface area (Å²) in [5, 5.41) is 10.8. The molecule has 0 amide bonds. The SMILES string of the molecule is CCOP(=O)(OCC)C(NS(=O)(=O)c1ccc([N+](=O)[O-])cc1)c1ccc(OC)cc1. The molecule has 30 heavy (non-hydrogen) atoms. The lowest BCUT2D eigenvalue weighted by molar-refractivity contribution is -0.384. The van der Waals surface area contributed by atoms with Crippen LogP contribution < -0.4 is 9.46 Å². The summed E-state index contributed by atoms with van der Waals surface area (Å²) in [4.78, 5) is 9.95. The highest BCUT2D eigenvalue weighted by atomic mass is 32.2. The molecule has 2 aromatic rings. The van der Waals surface area contributed by atoms with Crippen molar-refractivity contribution in [3.05, 3.63) is 64.2 Å². The summed E-state index contributed by atoms with van der Waals surface area (Å²) in [6, 6.07) is 10.6. The normalized spacial score (nSPS) is 13.0. The third-order valence-electron chi connectivity index (χ3n) is 3.99. The second-order valence-electron chi connectivity index (χ2n) is 5.92. The molecule has 1 atom stereocenters. The number of nitrogens with one attached hydrogen (secondary N) is 1. The fourth-order valence-electron chi connectivity index (χ4n) is 2.61. The summed E-state index contributed by atoms with van der Waals surface area (Å²) >= 11 is 0. The van der Waals surface area contributed by atoms with Crippen LogP contribution in [0.4, 0.5) is 5.69 Å². The van der Waals surface area contributed by atoms with Gasteiger partial charge < -0.3 is 13.8 Å². The molecule has 12 heteroatoms. The molecule has 164 valence electrons. The molecule has 0 bridgehead atoms. The van der Waals surface area contributed by atoms with Gasteiger partial charge >= 0.3 is 7.60 Å². The molecule has 1 unspecified atom stereocenters. The lowest BCUT2D eigenvalue weighted by Crippen LogP contribution is -2.30. The smallest absolute Gasteiger partial charge is 0.352 e. The molecule has 1 N–H and O–H groups in total. The second kappa shape index (κ2) is 10.1. The standard InChI is InChI=1S/C18H23N2O8PS/c1-4-27-29(23,28-5-2)18(14-6-10-16(26-3)11-7-14)19-30(24,25)17-12-8-15(9-13-17)20(21)22/h6-13,18-19H,4-5H2,1-3H3. The zero-order valence-electron chi connectivity index (χ0n) is 16.7. The summed E-state index contributed by atoms with van der Waals surface area (Å²) < 4.78 is 57.5. The molecule has 0 aliphatic carbocycles. The average molecular weight is 458 g/mol. The van der Waals surface area contributed by atoms with Crippen LogP contribution in [0, 0.1) is 10.1 Å². The van der Waals surface area contributed by atoms with Gasteiger partial charge in [-0.15, -0.1) is 0 Å². The first-order valence-corrected chi connectivity index (χ1v) is 12.1. The molecule has 0 heterocycles. The molecule has 0 aliphatic heterocycles. The monoisotopic (exact) mass is 458 g/mol. The van der Waals surface area contributed by atoms with Gasteiger partial charge in [-0.2, -0.15) is 4.72 Å². The van der Waals surface area contributed by atoms with Crippen LogP contribution in [-0.2, 0) is 23.6 Å². The van der Waals surface area contributed by atoms with Crippen molar-refractivity contribution in [2.24, 2.45) is 0 Å². The van der Waals surface area contributed by atoms with Gasteiger partial charge in [-0.3, -0.25) is 14.7 Å². The van der Waals surface area contributed by atoms with Gasteiger partial charge in [-0.25, -0.2) is 8.42 Å². The van der Waals surface area contributed by atoms with Crippen molar-refractivity contribution in [2.75, 3.05) is 20.3 Å². The Kier molecular flexibility index (Phi) is 8.10. The first-order valence-electron chi connectivity index (χ1n) is 8.96. The highest BCUT2D eigenvalue weighted by Crippen LogP contribution is 2.60. The molecule has 2 aromatic carbocycles. The lowest BCUT2D eigenvalue weighted by atomic mass is 10.2. The van der Waals surface area contributed by atoms with E-state index in [2.05, 4.69) is 4.72 Å². The van der Waals surface area contributed by atoms with Crippen LogP contribution in [0.1, 0.15) is 25.2 Å². The Hall–Kier alpha value is -2.30. The Morgan fingerprint density at radius 2 is 1.57 bits per heavy atom. The number of ether oxygens (including phenoxy) is 1. The van der Waals surface area contributed by atoms with E-state index >= 15 is 0 Å². The van der Waals surface area contributed by atoms with E-state index in [1.54, 1.807) is 38.1 Å². The Morgan fingerprint density at radius 3 is 2.00 bits per heavy atom. The Bertz CT molecular complexity index is 999. The largest absolute Gasteiger partial charge is 0.497 e. The first kappa shape index (κ1) is 24.0. The van der Waals surface area contributed by atoms with Gasteiger partial charge in [-0.1, -0.05) is 12.1 Å². The number of nitro groups is 1. The number of hydrogen-bond acceptors (Lipinski definition) is 8. The fourth-order valence-corrected chi connectivity index (χ4v) is 6.23. The Balaban J connectivity index is 2.49. The number of methoxy groups -OCH3 is 1. The van der Waals surface area contributed by atoms with Crippen molar-refractivity contribution >= 4 is 23.3 Å². The second-order valence-corrected chi connectivity index (χ2v) is 9.75. The Morgan fingerprint density at radius 1 is 1.03 bits per heavy atom. The van der Waals surface area contributed by atoms with Crippen molar-refractivity contribution in [3.63, 3.8) is 0 Å². The molecule has 0 spiro atoms. The van der Waals surface area contributed by atoms with Gasteiger partial charge in [0.15, 0.2) is 0 Å². The number of sulfonamides is 1. The minimum atomic E-state index is -4.22. The zero-order chi connectivity index (χ0) is 22.4. The highest BCUT2D eigenvalue weighted by molar-refractivity contribution is 7.89. The fraction of sp³-hybridized carbons (Fsp3) is 0.333. The van der Waals surface area contributed by atoms with E-state index in [1.165, 1.54) is 7.11 Å². The molecule has 0 saturated carbocycles. The van der Waals surface area contributed by atoms with Gasteiger partial charge in [0.2, 0.25) is 10.0 Å². The maximum Gasteiger partial charge on any atom is 0.352 e. The number of non-ortho nitro benzene ring substituents is 1. The zero-order valence-corrected chi connectivity index (χ0v) is 18.4. The molecular weight excluding hydrogens is 435 g/mol. The number of benzene rings is 2. The van der Waals surface area contributed by atoms with Crippen LogP contribution in [0.2, 0.25) is 0 Å². The van der Waals surface area contributed by atoms with Crippen molar-refractivity contribution in [1.82, 2.24) is 4.72 Å². The van der Waals surface area contributed by atoms with Gasteiger partial charge in [0, 0.05) is 12.1 Å². The number of hydrogen-bond donors (Lipinski definition) is 1. The Labute approximate surface area is 174 Å². The molecule has 0 aliphatic rings. The van der Waals surface area contributed by atoms with E-state index in [0.29, 0.717) is 11.3 Å². The molecule has 0 radical (unpaired) electrons. The third kappa shape index (κ3) is 5.65. The number of rotatable bonds is 11.